The van der Waals surface area contributed by atoms with Gasteiger partial charge in [-0.05, 0) is 38.2 Å². The van der Waals surface area contributed by atoms with Crippen LogP contribution < -0.4 is 10.1 Å². The van der Waals surface area contributed by atoms with Crippen LogP contribution in [0, 0.1) is 0 Å². The number of allylic oxidation sites excluding steroid dienone is 1. The van der Waals surface area contributed by atoms with E-state index in [1.165, 1.54) is 11.8 Å². The maximum atomic E-state index is 13.0. The molecule has 33 heavy (non-hydrogen) atoms. The van der Waals surface area contributed by atoms with Crippen molar-refractivity contribution in [1.29, 1.82) is 0 Å². The number of rotatable bonds is 8. The molecule has 1 fully saturated rings. The Balaban J connectivity index is 1.63. The number of amides is 1. The standard InChI is InChI=1S/C24H29N3O5S/c1-4-31-23(29)21-15(2)26-24-27(22(21)18-9-5-6-10-19(18)30-3)16(14-33-24)12-20(28)25-13-17-8-7-11-32-17/h5-6,9-10,14,17,22H,4,7-8,11-13H2,1-3H3,(H,25,28). The molecule has 1 amide bonds. The minimum Gasteiger partial charge on any atom is -0.496 e. The first kappa shape index (κ1) is 23.4. The van der Waals surface area contributed by atoms with Gasteiger partial charge in [0.25, 0.3) is 0 Å². The van der Waals surface area contributed by atoms with Gasteiger partial charge in [0.15, 0.2) is 5.17 Å². The Bertz CT molecular complexity index is 1010. The average Bonchev–Trinajstić information content (AvgIpc) is 3.47. The quantitative estimate of drug-likeness (QED) is 0.580. The van der Waals surface area contributed by atoms with Gasteiger partial charge in [-0.25, -0.2) is 9.79 Å². The Morgan fingerprint density at radius 3 is 2.88 bits per heavy atom. The molecule has 4 rings (SSSR count). The van der Waals surface area contributed by atoms with E-state index in [1.54, 1.807) is 14.0 Å². The third kappa shape index (κ3) is 4.94. The van der Waals surface area contributed by atoms with Gasteiger partial charge in [0.05, 0.1) is 43.6 Å². The first-order chi connectivity index (χ1) is 16.0. The summed E-state index contributed by atoms with van der Waals surface area (Å²) in [7, 11) is 1.60. The van der Waals surface area contributed by atoms with E-state index in [2.05, 4.69) is 10.3 Å². The summed E-state index contributed by atoms with van der Waals surface area (Å²) in [6, 6.07) is 7.06. The zero-order chi connectivity index (χ0) is 23.4. The fourth-order valence-electron chi connectivity index (χ4n) is 4.29. The highest BCUT2D eigenvalue weighted by Crippen LogP contribution is 2.46. The van der Waals surface area contributed by atoms with Gasteiger partial charge in [-0.15, -0.1) is 0 Å². The molecule has 0 radical (unpaired) electrons. The number of nitrogens with zero attached hydrogens (tertiary/aromatic N) is 2. The number of ether oxygens (including phenoxy) is 3. The van der Waals surface area contributed by atoms with Crippen molar-refractivity contribution in [3.63, 3.8) is 0 Å². The van der Waals surface area contributed by atoms with Crippen LogP contribution in [-0.4, -0.2) is 54.9 Å². The molecule has 0 saturated carbocycles. The number of hydrogen-bond acceptors (Lipinski definition) is 8. The first-order valence-electron chi connectivity index (χ1n) is 11.2. The minimum absolute atomic E-state index is 0.0790. The number of benzene rings is 1. The van der Waals surface area contributed by atoms with Gasteiger partial charge < -0.3 is 24.4 Å². The molecule has 0 aliphatic carbocycles. The number of thioether (sulfide) groups is 1. The van der Waals surface area contributed by atoms with Gasteiger partial charge in [0, 0.05) is 24.4 Å². The SMILES string of the molecule is CCOC(=O)C1=C(C)N=C2SC=C(CC(=O)NCC3CCCO3)N2C1c1ccccc1OC. The van der Waals surface area contributed by atoms with Crippen LogP contribution in [0.1, 0.15) is 44.7 Å². The van der Waals surface area contributed by atoms with Crippen LogP contribution in [0.3, 0.4) is 0 Å². The molecular formula is C24H29N3O5S. The molecule has 8 nitrogen and oxygen atoms in total. The van der Waals surface area contributed by atoms with E-state index < -0.39 is 12.0 Å². The molecule has 0 aromatic heterocycles. The van der Waals surface area contributed by atoms with Crippen molar-refractivity contribution in [3.8, 4) is 5.75 Å². The van der Waals surface area contributed by atoms with Gasteiger partial charge in [0.1, 0.15) is 5.75 Å². The molecule has 1 aromatic rings. The van der Waals surface area contributed by atoms with E-state index in [0.717, 1.165) is 35.9 Å². The molecule has 176 valence electrons. The van der Waals surface area contributed by atoms with Gasteiger partial charge in [-0.1, -0.05) is 30.0 Å². The van der Waals surface area contributed by atoms with Crippen molar-refractivity contribution >= 4 is 28.8 Å². The summed E-state index contributed by atoms with van der Waals surface area (Å²) in [6.07, 6.45) is 2.23. The number of carbonyl (C=O) groups is 2. The van der Waals surface area contributed by atoms with Crippen molar-refractivity contribution in [3.05, 3.63) is 52.2 Å². The smallest absolute Gasteiger partial charge is 0.338 e. The third-order valence-electron chi connectivity index (χ3n) is 5.82. The number of aliphatic imine (C=N–C) groups is 1. The monoisotopic (exact) mass is 471 g/mol. The van der Waals surface area contributed by atoms with Gasteiger partial charge >= 0.3 is 5.97 Å². The van der Waals surface area contributed by atoms with Crippen molar-refractivity contribution in [2.24, 2.45) is 4.99 Å². The molecule has 0 bridgehead atoms. The maximum Gasteiger partial charge on any atom is 0.338 e. The van der Waals surface area contributed by atoms with E-state index in [-0.39, 0.29) is 25.0 Å². The Morgan fingerprint density at radius 1 is 1.33 bits per heavy atom. The summed E-state index contributed by atoms with van der Waals surface area (Å²) in [5.74, 6) is 0.131. The molecule has 1 N–H and O–H groups in total. The van der Waals surface area contributed by atoms with Crippen LogP contribution in [0.25, 0.3) is 0 Å². The van der Waals surface area contributed by atoms with Gasteiger partial charge in [-0.3, -0.25) is 4.79 Å². The molecule has 2 unspecified atom stereocenters. The van der Waals surface area contributed by atoms with Crippen LogP contribution in [0.5, 0.6) is 5.75 Å². The Kier molecular flexibility index (Phi) is 7.39. The topological polar surface area (TPSA) is 89.5 Å². The predicted molar refractivity (Wildman–Crippen MR) is 127 cm³/mol. The second kappa shape index (κ2) is 10.4. The number of fused-ring (bicyclic) bond motifs is 1. The number of esters is 1. The second-order valence-corrected chi connectivity index (χ2v) is 8.81. The van der Waals surface area contributed by atoms with Crippen LogP contribution >= 0.6 is 11.8 Å². The number of nitrogens with one attached hydrogen (secondary N) is 1. The number of carbonyl (C=O) groups excluding carboxylic acids is 2. The van der Waals surface area contributed by atoms with E-state index in [4.69, 9.17) is 14.2 Å². The highest BCUT2D eigenvalue weighted by atomic mass is 32.2. The summed E-state index contributed by atoms with van der Waals surface area (Å²) < 4.78 is 16.6. The van der Waals surface area contributed by atoms with Crippen molar-refractivity contribution < 1.29 is 23.8 Å². The summed E-state index contributed by atoms with van der Waals surface area (Å²) in [5, 5.41) is 5.62. The molecule has 1 aromatic carbocycles. The zero-order valence-electron chi connectivity index (χ0n) is 19.1. The molecule has 3 aliphatic heterocycles. The molecule has 2 atom stereocenters. The lowest BCUT2D eigenvalue weighted by molar-refractivity contribution is -0.139. The Labute approximate surface area is 198 Å². The molecule has 3 aliphatic rings. The predicted octanol–water partition coefficient (Wildman–Crippen LogP) is 3.52. The van der Waals surface area contributed by atoms with Crippen LogP contribution in [0.2, 0.25) is 0 Å². The largest absolute Gasteiger partial charge is 0.496 e. The summed E-state index contributed by atoms with van der Waals surface area (Å²) in [6.45, 7) is 5.10. The first-order valence-corrected chi connectivity index (χ1v) is 12.0. The van der Waals surface area contributed by atoms with E-state index >= 15 is 0 Å². The molecule has 3 heterocycles. The maximum absolute atomic E-state index is 13.0. The summed E-state index contributed by atoms with van der Waals surface area (Å²) >= 11 is 1.44. The van der Waals surface area contributed by atoms with Gasteiger partial charge in [0.2, 0.25) is 5.91 Å². The van der Waals surface area contributed by atoms with Crippen LogP contribution in [0.4, 0.5) is 0 Å². The minimum atomic E-state index is -0.514. The van der Waals surface area contributed by atoms with E-state index in [9.17, 15) is 9.59 Å². The summed E-state index contributed by atoms with van der Waals surface area (Å²) in [4.78, 5) is 32.4. The third-order valence-corrected chi connectivity index (χ3v) is 6.71. The lowest BCUT2D eigenvalue weighted by atomic mass is 9.93. The molecule has 1 saturated heterocycles. The van der Waals surface area contributed by atoms with Crippen LogP contribution in [-0.2, 0) is 19.1 Å². The van der Waals surface area contributed by atoms with Crippen molar-refractivity contribution in [2.75, 3.05) is 26.9 Å². The van der Waals surface area contributed by atoms with Crippen molar-refractivity contribution in [2.45, 2.75) is 45.3 Å². The second-order valence-electron chi connectivity index (χ2n) is 7.97. The number of hydrogen-bond donors (Lipinski definition) is 1. The molecule has 0 spiro atoms. The lowest BCUT2D eigenvalue weighted by Crippen LogP contribution is -2.39. The molecule has 9 heteroatoms. The van der Waals surface area contributed by atoms with E-state index in [1.807, 2.05) is 41.5 Å². The summed E-state index contributed by atoms with van der Waals surface area (Å²) in [5.41, 5.74) is 2.62. The fraction of sp³-hybridized carbons (Fsp3) is 0.458. The highest BCUT2D eigenvalue weighted by molar-refractivity contribution is 8.16. The Morgan fingerprint density at radius 2 is 2.15 bits per heavy atom. The van der Waals surface area contributed by atoms with Gasteiger partial charge in [-0.2, -0.15) is 0 Å². The zero-order valence-corrected chi connectivity index (χ0v) is 19.9. The molecular weight excluding hydrogens is 442 g/mol. The van der Waals surface area contributed by atoms with Crippen molar-refractivity contribution in [1.82, 2.24) is 10.2 Å². The number of amidine groups is 1. The highest BCUT2D eigenvalue weighted by Gasteiger charge is 2.42. The number of para-hydroxylation sites is 1. The lowest BCUT2D eigenvalue weighted by Gasteiger charge is -2.36. The number of methoxy groups -OCH3 is 1. The van der Waals surface area contributed by atoms with Crippen LogP contribution in [0.15, 0.2) is 51.6 Å². The normalized spacial score (nSPS) is 22.0. The Hall–Kier alpha value is -2.78. The van der Waals surface area contributed by atoms with E-state index in [0.29, 0.717) is 23.6 Å². The fourth-order valence-corrected chi connectivity index (χ4v) is 5.25. The average molecular weight is 472 g/mol.